The zero-order valence-corrected chi connectivity index (χ0v) is 14.7. The van der Waals surface area contributed by atoms with Gasteiger partial charge in [0.05, 0.1) is 6.61 Å². The van der Waals surface area contributed by atoms with Crippen molar-refractivity contribution in [2.75, 3.05) is 45.8 Å². The fourth-order valence-electron chi connectivity index (χ4n) is 2.53. The molecular formula is C16H24ClFN2O4. The zero-order chi connectivity index (χ0) is 16.7. The molecule has 0 radical (unpaired) electrons. The number of anilines is 1. The van der Waals surface area contributed by atoms with Gasteiger partial charge >= 0.3 is 0 Å². The first-order chi connectivity index (χ1) is 11.1. The van der Waals surface area contributed by atoms with Gasteiger partial charge in [-0.3, -0.25) is 4.79 Å². The van der Waals surface area contributed by atoms with Gasteiger partial charge in [-0.2, -0.15) is 0 Å². The van der Waals surface area contributed by atoms with E-state index in [0.717, 1.165) is 0 Å². The van der Waals surface area contributed by atoms with Crippen molar-refractivity contribution in [3.8, 4) is 5.75 Å². The fourth-order valence-corrected chi connectivity index (χ4v) is 2.53. The van der Waals surface area contributed by atoms with Gasteiger partial charge in [-0.1, -0.05) is 0 Å². The highest BCUT2D eigenvalue weighted by molar-refractivity contribution is 5.97. The number of benzene rings is 1. The van der Waals surface area contributed by atoms with Crippen LogP contribution in [0.25, 0.3) is 0 Å². The van der Waals surface area contributed by atoms with Crippen molar-refractivity contribution >= 4 is 24.0 Å². The molecule has 136 valence electrons. The van der Waals surface area contributed by atoms with E-state index in [1.165, 1.54) is 19.2 Å². The monoisotopic (exact) mass is 362 g/mol. The summed E-state index contributed by atoms with van der Waals surface area (Å²) in [5, 5.41) is 5.91. The molecule has 1 fully saturated rings. The van der Waals surface area contributed by atoms with E-state index in [1.54, 1.807) is 13.2 Å². The van der Waals surface area contributed by atoms with Crippen molar-refractivity contribution in [2.45, 2.75) is 18.4 Å². The molecule has 1 saturated heterocycles. The SMILES string of the molecule is COCCOc1ccc(NC(=O)C2(OC)CCNCC2)cc1F.Cl. The summed E-state index contributed by atoms with van der Waals surface area (Å²) in [6, 6.07) is 4.33. The molecule has 6 nitrogen and oxygen atoms in total. The molecule has 0 atom stereocenters. The number of carbonyl (C=O) groups is 1. The van der Waals surface area contributed by atoms with Gasteiger partial charge in [0.2, 0.25) is 0 Å². The van der Waals surface area contributed by atoms with E-state index >= 15 is 0 Å². The third-order valence-corrected chi connectivity index (χ3v) is 3.95. The van der Waals surface area contributed by atoms with Crippen LogP contribution < -0.4 is 15.4 Å². The predicted molar refractivity (Wildman–Crippen MR) is 91.5 cm³/mol. The zero-order valence-electron chi connectivity index (χ0n) is 13.9. The van der Waals surface area contributed by atoms with E-state index < -0.39 is 11.4 Å². The minimum atomic E-state index is -0.866. The van der Waals surface area contributed by atoms with Crippen molar-refractivity contribution in [3.63, 3.8) is 0 Å². The van der Waals surface area contributed by atoms with Gasteiger partial charge in [0.1, 0.15) is 12.2 Å². The van der Waals surface area contributed by atoms with Gasteiger partial charge in [0.25, 0.3) is 5.91 Å². The maximum Gasteiger partial charge on any atom is 0.256 e. The van der Waals surface area contributed by atoms with Crippen LogP contribution in [-0.4, -0.2) is 52.0 Å². The van der Waals surface area contributed by atoms with Gasteiger partial charge < -0.3 is 24.8 Å². The van der Waals surface area contributed by atoms with E-state index in [-0.39, 0.29) is 30.7 Å². The smallest absolute Gasteiger partial charge is 0.256 e. The van der Waals surface area contributed by atoms with E-state index in [4.69, 9.17) is 14.2 Å². The van der Waals surface area contributed by atoms with E-state index in [9.17, 15) is 9.18 Å². The summed E-state index contributed by atoms with van der Waals surface area (Å²) in [6.45, 7) is 2.06. The summed E-state index contributed by atoms with van der Waals surface area (Å²) >= 11 is 0. The van der Waals surface area contributed by atoms with Crippen LogP contribution in [0.3, 0.4) is 0 Å². The molecule has 1 aliphatic rings. The average molecular weight is 363 g/mol. The van der Waals surface area contributed by atoms with Crippen LogP contribution in [-0.2, 0) is 14.3 Å². The van der Waals surface area contributed by atoms with Crippen LogP contribution in [0.5, 0.6) is 5.75 Å². The van der Waals surface area contributed by atoms with Crippen LogP contribution in [0.4, 0.5) is 10.1 Å². The topological polar surface area (TPSA) is 68.8 Å². The molecule has 1 aliphatic heterocycles. The molecule has 0 unspecified atom stereocenters. The fraction of sp³-hybridized carbons (Fsp3) is 0.562. The molecule has 8 heteroatoms. The lowest BCUT2D eigenvalue weighted by Gasteiger charge is -2.34. The normalized spacial score (nSPS) is 16.1. The number of ether oxygens (including phenoxy) is 3. The Hall–Kier alpha value is -1.41. The number of carbonyl (C=O) groups excluding carboxylic acids is 1. The maximum absolute atomic E-state index is 14.0. The van der Waals surface area contributed by atoms with Crippen LogP contribution in [0.15, 0.2) is 18.2 Å². The lowest BCUT2D eigenvalue weighted by molar-refractivity contribution is -0.140. The van der Waals surface area contributed by atoms with Gasteiger partial charge in [0.15, 0.2) is 11.6 Å². The van der Waals surface area contributed by atoms with Crippen LogP contribution in [0.2, 0.25) is 0 Å². The standard InChI is InChI=1S/C16H23FN2O4.ClH/c1-21-9-10-23-14-4-3-12(11-13(14)17)19-15(20)16(22-2)5-7-18-8-6-16;/h3-4,11,18H,5-10H2,1-2H3,(H,19,20);1H. The Morgan fingerprint density at radius 2 is 2.00 bits per heavy atom. The molecule has 1 amide bonds. The lowest BCUT2D eigenvalue weighted by atomic mass is 9.91. The highest BCUT2D eigenvalue weighted by Crippen LogP contribution is 2.26. The highest BCUT2D eigenvalue weighted by atomic mass is 35.5. The summed E-state index contributed by atoms with van der Waals surface area (Å²) < 4.78 is 29.5. The molecule has 0 aliphatic carbocycles. The summed E-state index contributed by atoms with van der Waals surface area (Å²) in [5.74, 6) is -0.659. The van der Waals surface area contributed by atoms with Crippen molar-refractivity contribution in [1.29, 1.82) is 0 Å². The molecule has 0 aromatic heterocycles. The minimum Gasteiger partial charge on any atom is -0.488 e. The van der Waals surface area contributed by atoms with Crippen molar-refractivity contribution in [1.82, 2.24) is 5.32 Å². The Balaban J connectivity index is 0.00000288. The molecule has 24 heavy (non-hydrogen) atoms. The molecular weight excluding hydrogens is 339 g/mol. The van der Waals surface area contributed by atoms with Gasteiger partial charge in [-0.05, 0) is 38.1 Å². The first-order valence-electron chi connectivity index (χ1n) is 7.60. The average Bonchev–Trinajstić information content (AvgIpc) is 2.57. The van der Waals surface area contributed by atoms with Crippen LogP contribution in [0, 0.1) is 5.82 Å². The Bertz CT molecular complexity index is 539. The number of hydrogen-bond acceptors (Lipinski definition) is 5. The molecule has 2 N–H and O–H groups in total. The van der Waals surface area contributed by atoms with Gasteiger partial charge in [-0.15, -0.1) is 12.4 Å². The van der Waals surface area contributed by atoms with Crippen molar-refractivity contribution in [3.05, 3.63) is 24.0 Å². The molecule has 0 bridgehead atoms. The van der Waals surface area contributed by atoms with Crippen molar-refractivity contribution in [2.24, 2.45) is 0 Å². The first kappa shape index (κ1) is 20.6. The Labute approximate surface area is 147 Å². The number of hydrogen-bond donors (Lipinski definition) is 2. The highest BCUT2D eigenvalue weighted by Gasteiger charge is 2.39. The second-order valence-electron chi connectivity index (χ2n) is 5.39. The third-order valence-electron chi connectivity index (χ3n) is 3.95. The number of halogens is 2. The second-order valence-corrected chi connectivity index (χ2v) is 5.39. The lowest BCUT2D eigenvalue weighted by Crippen LogP contribution is -2.51. The Kier molecular flexibility index (Phi) is 8.41. The third kappa shape index (κ3) is 5.04. The van der Waals surface area contributed by atoms with Crippen LogP contribution >= 0.6 is 12.4 Å². The number of nitrogens with one attached hydrogen (secondary N) is 2. The Morgan fingerprint density at radius 1 is 1.29 bits per heavy atom. The minimum absolute atomic E-state index is 0. The number of rotatable bonds is 7. The quantitative estimate of drug-likeness (QED) is 0.726. The van der Waals surface area contributed by atoms with Crippen molar-refractivity contribution < 1.29 is 23.4 Å². The molecule has 0 spiro atoms. The maximum atomic E-state index is 14.0. The number of piperidine rings is 1. The summed E-state index contributed by atoms with van der Waals surface area (Å²) in [5.41, 5.74) is -0.489. The second kappa shape index (κ2) is 9.78. The Morgan fingerprint density at radius 3 is 2.58 bits per heavy atom. The summed E-state index contributed by atoms with van der Waals surface area (Å²) in [7, 11) is 3.07. The molecule has 2 rings (SSSR count). The summed E-state index contributed by atoms with van der Waals surface area (Å²) in [4.78, 5) is 12.5. The first-order valence-corrected chi connectivity index (χ1v) is 7.60. The number of methoxy groups -OCH3 is 2. The largest absolute Gasteiger partial charge is 0.488 e. The van der Waals surface area contributed by atoms with E-state index in [0.29, 0.717) is 38.2 Å². The van der Waals surface area contributed by atoms with Gasteiger partial charge in [0, 0.05) is 26.0 Å². The summed E-state index contributed by atoms with van der Waals surface area (Å²) in [6.07, 6.45) is 1.16. The molecule has 0 saturated carbocycles. The van der Waals surface area contributed by atoms with E-state index in [1.807, 2.05) is 0 Å². The predicted octanol–water partition coefficient (Wildman–Crippen LogP) is 1.98. The molecule has 1 heterocycles. The molecule has 1 aromatic rings. The number of amides is 1. The van der Waals surface area contributed by atoms with Crippen LogP contribution in [0.1, 0.15) is 12.8 Å². The molecule has 1 aromatic carbocycles. The van der Waals surface area contributed by atoms with E-state index in [2.05, 4.69) is 10.6 Å². The van der Waals surface area contributed by atoms with Gasteiger partial charge in [-0.25, -0.2) is 4.39 Å².